The van der Waals surface area contributed by atoms with Crippen molar-refractivity contribution in [3.8, 4) is 0 Å². The van der Waals surface area contributed by atoms with E-state index in [0.717, 1.165) is 0 Å². The average Bonchev–Trinajstić information content (AvgIpc) is 1.83. The zero-order chi connectivity index (χ0) is 7.28. The summed E-state index contributed by atoms with van der Waals surface area (Å²) in [6.45, 7) is 1.66. The second-order valence-electron chi connectivity index (χ2n) is 1.67. The Morgan fingerprint density at radius 2 is 2.00 bits per heavy atom. The number of carbonyl (C=O) groups is 1. The number of rotatable bonds is 3. The van der Waals surface area contributed by atoms with Crippen LogP contribution in [0.1, 0.15) is 19.8 Å². The third-order valence-corrected chi connectivity index (χ3v) is 0.928. The SMILES string of the molecule is C/C=C(\O)CCC(=O)O. The zero-order valence-corrected chi connectivity index (χ0v) is 5.29. The van der Waals surface area contributed by atoms with Gasteiger partial charge in [-0.15, -0.1) is 0 Å². The number of aliphatic hydroxyl groups is 1. The fourth-order valence-electron chi connectivity index (χ4n) is 0.379. The summed E-state index contributed by atoms with van der Waals surface area (Å²) in [5.41, 5.74) is 0. The minimum Gasteiger partial charge on any atom is -0.513 e. The van der Waals surface area contributed by atoms with Crippen LogP contribution >= 0.6 is 0 Å². The van der Waals surface area contributed by atoms with Crippen LogP contribution in [0.5, 0.6) is 0 Å². The molecule has 0 atom stereocenters. The Morgan fingerprint density at radius 1 is 1.44 bits per heavy atom. The van der Waals surface area contributed by atoms with Crippen molar-refractivity contribution < 1.29 is 15.0 Å². The van der Waals surface area contributed by atoms with Crippen LogP contribution in [0, 0.1) is 0 Å². The van der Waals surface area contributed by atoms with E-state index in [9.17, 15) is 4.79 Å². The Balaban J connectivity index is 3.39. The van der Waals surface area contributed by atoms with Crippen LogP contribution in [0.4, 0.5) is 0 Å². The number of aliphatic carboxylic acids is 1. The molecule has 9 heavy (non-hydrogen) atoms. The highest BCUT2D eigenvalue weighted by atomic mass is 16.4. The lowest BCUT2D eigenvalue weighted by Gasteiger charge is -1.92. The van der Waals surface area contributed by atoms with E-state index in [2.05, 4.69) is 0 Å². The molecule has 0 saturated heterocycles. The zero-order valence-electron chi connectivity index (χ0n) is 5.29. The summed E-state index contributed by atoms with van der Waals surface area (Å²) in [6.07, 6.45) is 1.71. The highest BCUT2D eigenvalue weighted by Gasteiger charge is 1.97. The van der Waals surface area contributed by atoms with Gasteiger partial charge in [-0.2, -0.15) is 0 Å². The molecule has 3 heteroatoms. The Kier molecular flexibility index (Phi) is 3.51. The standard InChI is InChI=1S/C6H10O3/c1-2-5(7)3-4-6(8)9/h2,7H,3-4H2,1H3,(H,8,9)/b5-2-. The molecule has 0 bridgehead atoms. The Hall–Kier alpha value is -0.990. The Morgan fingerprint density at radius 3 is 2.33 bits per heavy atom. The van der Waals surface area contributed by atoms with E-state index in [1.807, 2.05) is 0 Å². The molecule has 52 valence electrons. The first-order valence-electron chi connectivity index (χ1n) is 2.72. The van der Waals surface area contributed by atoms with Crippen molar-refractivity contribution in [2.75, 3.05) is 0 Å². The maximum absolute atomic E-state index is 9.88. The molecule has 0 aliphatic carbocycles. The summed E-state index contributed by atoms with van der Waals surface area (Å²) >= 11 is 0. The molecule has 0 amide bonds. The summed E-state index contributed by atoms with van der Waals surface area (Å²) in [5, 5.41) is 16.8. The normalized spacial score (nSPS) is 11.4. The van der Waals surface area contributed by atoms with Gasteiger partial charge in [0.15, 0.2) is 0 Å². The Bertz CT molecular complexity index is 126. The molecular formula is C6H10O3. The molecule has 0 aliphatic rings. The van der Waals surface area contributed by atoms with Gasteiger partial charge >= 0.3 is 5.97 Å². The third-order valence-electron chi connectivity index (χ3n) is 0.928. The molecule has 0 aliphatic heterocycles. The monoisotopic (exact) mass is 130 g/mol. The van der Waals surface area contributed by atoms with Gasteiger partial charge in [-0.25, -0.2) is 0 Å². The minimum absolute atomic E-state index is 0.00380. The van der Waals surface area contributed by atoms with Gasteiger partial charge in [0.2, 0.25) is 0 Å². The van der Waals surface area contributed by atoms with Crippen molar-refractivity contribution in [1.82, 2.24) is 0 Å². The summed E-state index contributed by atoms with van der Waals surface area (Å²) < 4.78 is 0. The molecule has 0 radical (unpaired) electrons. The van der Waals surface area contributed by atoms with Gasteiger partial charge in [-0.1, -0.05) is 0 Å². The molecule has 0 rings (SSSR count). The number of hydrogen-bond acceptors (Lipinski definition) is 2. The lowest BCUT2D eigenvalue weighted by Crippen LogP contribution is -1.94. The molecule has 0 fully saturated rings. The van der Waals surface area contributed by atoms with E-state index < -0.39 is 5.97 Å². The summed E-state index contributed by atoms with van der Waals surface area (Å²) in [4.78, 5) is 9.88. The van der Waals surface area contributed by atoms with Crippen molar-refractivity contribution in [3.63, 3.8) is 0 Å². The fraction of sp³-hybridized carbons (Fsp3) is 0.500. The maximum Gasteiger partial charge on any atom is 0.303 e. The van der Waals surface area contributed by atoms with Crippen molar-refractivity contribution in [3.05, 3.63) is 11.8 Å². The number of allylic oxidation sites excluding steroid dienone is 2. The molecule has 0 saturated carbocycles. The van der Waals surface area contributed by atoms with Gasteiger partial charge in [-0.05, 0) is 13.0 Å². The molecular weight excluding hydrogens is 120 g/mol. The molecule has 0 spiro atoms. The molecule has 0 aromatic rings. The molecule has 0 aromatic heterocycles. The van der Waals surface area contributed by atoms with Gasteiger partial charge in [0.1, 0.15) is 0 Å². The van der Waals surface area contributed by atoms with Crippen LogP contribution in [0.25, 0.3) is 0 Å². The minimum atomic E-state index is -0.886. The molecule has 3 nitrogen and oxygen atoms in total. The Labute approximate surface area is 53.6 Å². The second-order valence-corrected chi connectivity index (χ2v) is 1.67. The van der Waals surface area contributed by atoms with Crippen LogP contribution in [0.2, 0.25) is 0 Å². The van der Waals surface area contributed by atoms with E-state index in [-0.39, 0.29) is 18.6 Å². The lowest BCUT2D eigenvalue weighted by atomic mass is 10.2. The second kappa shape index (κ2) is 3.95. The van der Waals surface area contributed by atoms with Crippen molar-refractivity contribution in [1.29, 1.82) is 0 Å². The number of aliphatic hydroxyl groups excluding tert-OH is 1. The van der Waals surface area contributed by atoms with Gasteiger partial charge < -0.3 is 10.2 Å². The average molecular weight is 130 g/mol. The predicted molar refractivity (Wildman–Crippen MR) is 33.3 cm³/mol. The molecule has 0 heterocycles. The van der Waals surface area contributed by atoms with Crippen LogP contribution in [0.3, 0.4) is 0 Å². The van der Waals surface area contributed by atoms with Crippen molar-refractivity contribution in [2.45, 2.75) is 19.8 Å². The van der Waals surface area contributed by atoms with Gasteiger partial charge in [0, 0.05) is 6.42 Å². The number of carboxylic acid groups (broad SMARTS) is 1. The third kappa shape index (κ3) is 4.87. The number of hydrogen-bond donors (Lipinski definition) is 2. The van der Waals surface area contributed by atoms with Gasteiger partial charge in [0.25, 0.3) is 0 Å². The summed E-state index contributed by atoms with van der Waals surface area (Å²) in [7, 11) is 0. The maximum atomic E-state index is 9.88. The molecule has 2 N–H and O–H groups in total. The fourth-order valence-corrected chi connectivity index (χ4v) is 0.379. The quantitative estimate of drug-likeness (QED) is 0.566. The van der Waals surface area contributed by atoms with E-state index in [0.29, 0.717) is 0 Å². The summed E-state index contributed by atoms with van der Waals surface area (Å²) in [5.74, 6) is -0.749. The predicted octanol–water partition coefficient (Wildman–Crippen LogP) is 1.31. The van der Waals surface area contributed by atoms with E-state index >= 15 is 0 Å². The first-order valence-corrected chi connectivity index (χ1v) is 2.72. The molecule has 0 unspecified atom stereocenters. The summed E-state index contributed by atoms with van der Waals surface area (Å²) in [6, 6.07) is 0. The lowest BCUT2D eigenvalue weighted by molar-refractivity contribution is -0.137. The first kappa shape index (κ1) is 8.01. The van der Waals surface area contributed by atoms with E-state index in [1.54, 1.807) is 6.92 Å². The largest absolute Gasteiger partial charge is 0.513 e. The van der Waals surface area contributed by atoms with Gasteiger partial charge in [-0.3, -0.25) is 4.79 Å². The van der Waals surface area contributed by atoms with Crippen molar-refractivity contribution in [2.24, 2.45) is 0 Å². The smallest absolute Gasteiger partial charge is 0.303 e. The van der Waals surface area contributed by atoms with E-state index in [1.165, 1.54) is 6.08 Å². The highest BCUT2D eigenvalue weighted by molar-refractivity contribution is 5.66. The molecule has 0 aromatic carbocycles. The highest BCUT2D eigenvalue weighted by Crippen LogP contribution is 1.98. The van der Waals surface area contributed by atoms with Crippen LogP contribution < -0.4 is 0 Å². The van der Waals surface area contributed by atoms with E-state index in [4.69, 9.17) is 10.2 Å². The van der Waals surface area contributed by atoms with Crippen LogP contribution in [0.15, 0.2) is 11.8 Å². The van der Waals surface area contributed by atoms with Gasteiger partial charge in [0.05, 0.1) is 12.2 Å². The first-order chi connectivity index (χ1) is 4.16. The number of carboxylic acids is 1. The van der Waals surface area contributed by atoms with Crippen LogP contribution in [-0.4, -0.2) is 16.2 Å². The van der Waals surface area contributed by atoms with Crippen LogP contribution in [-0.2, 0) is 4.79 Å². The van der Waals surface area contributed by atoms with Crippen molar-refractivity contribution >= 4 is 5.97 Å². The topological polar surface area (TPSA) is 57.5 Å².